The molecule has 17 heavy (non-hydrogen) atoms. The lowest BCUT2D eigenvalue weighted by Crippen LogP contribution is -1.92. The monoisotopic (exact) mass is 292 g/mol. The van der Waals surface area contributed by atoms with E-state index in [1.807, 2.05) is 24.3 Å². The zero-order chi connectivity index (χ0) is 11.8. The fourth-order valence-corrected chi connectivity index (χ4v) is 2.26. The van der Waals surface area contributed by atoms with E-state index in [-0.39, 0.29) is 0 Å². The highest BCUT2D eigenvalue weighted by Gasteiger charge is 2.26. The maximum atomic E-state index is 5.87. The van der Waals surface area contributed by atoms with Crippen LogP contribution in [0.5, 0.6) is 0 Å². The molecule has 1 aromatic carbocycles. The summed E-state index contributed by atoms with van der Waals surface area (Å²) in [7, 11) is 0. The number of halogens is 1. The minimum Gasteiger partial charge on any atom is -0.367 e. The van der Waals surface area contributed by atoms with Gasteiger partial charge in [0.2, 0.25) is 5.88 Å². The van der Waals surface area contributed by atoms with Gasteiger partial charge in [0.05, 0.1) is 11.3 Å². The summed E-state index contributed by atoms with van der Waals surface area (Å²) in [4.78, 5) is 0. The van der Waals surface area contributed by atoms with Gasteiger partial charge in [-0.25, -0.2) is 0 Å². The second-order valence-electron chi connectivity index (χ2n) is 4.52. The van der Waals surface area contributed by atoms with Crippen LogP contribution in [-0.4, -0.2) is 5.16 Å². The third-order valence-corrected chi connectivity index (χ3v) is 3.63. The van der Waals surface area contributed by atoms with Crippen LogP contribution in [0.1, 0.15) is 18.5 Å². The molecule has 3 rings (SSSR count). The highest BCUT2D eigenvalue weighted by Crippen LogP contribution is 2.37. The molecule has 0 radical (unpaired) electrons. The van der Waals surface area contributed by atoms with Gasteiger partial charge in [0.15, 0.2) is 0 Å². The second-order valence-corrected chi connectivity index (χ2v) is 5.44. The first-order chi connectivity index (χ1) is 8.24. The molecular weight excluding hydrogens is 280 g/mol. The molecule has 4 heteroatoms. The number of nitrogens with two attached hydrogens (primary N) is 1. The van der Waals surface area contributed by atoms with Crippen LogP contribution in [0.3, 0.4) is 0 Å². The largest absolute Gasteiger partial charge is 0.367 e. The number of rotatable bonds is 3. The topological polar surface area (TPSA) is 52.0 Å². The Labute approximate surface area is 108 Å². The van der Waals surface area contributed by atoms with E-state index in [2.05, 4.69) is 21.1 Å². The van der Waals surface area contributed by atoms with E-state index in [0.29, 0.717) is 5.88 Å². The van der Waals surface area contributed by atoms with Crippen LogP contribution in [0.2, 0.25) is 0 Å². The smallest absolute Gasteiger partial charge is 0.230 e. The first-order valence-corrected chi connectivity index (χ1v) is 6.53. The minimum absolute atomic E-state index is 0.419. The fourth-order valence-electron chi connectivity index (χ4n) is 2.00. The molecule has 88 valence electrons. The van der Waals surface area contributed by atoms with E-state index < -0.39 is 0 Å². The second kappa shape index (κ2) is 4.18. The number of aromatic nitrogens is 1. The molecule has 0 amide bonds. The summed E-state index contributed by atoms with van der Waals surface area (Å²) in [6.07, 6.45) is 3.57. The lowest BCUT2D eigenvalue weighted by Gasteiger charge is -2.02. The van der Waals surface area contributed by atoms with Crippen LogP contribution in [0.15, 0.2) is 33.3 Å². The number of nitrogen functional groups attached to an aromatic ring is 1. The van der Waals surface area contributed by atoms with E-state index >= 15 is 0 Å². The SMILES string of the molecule is Nc1onc(CC2CC2)c1-c1ccc(Br)cc1. The van der Waals surface area contributed by atoms with E-state index in [9.17, 15) is 0 Å². The average Bonchev–Trinajstić information content (AvgIpc) is 3.05. The number of anilines is 1. The molecule has 1 fully saturated rings. The molecule has 0 bridgehead atoms. The van der Waals surface area contributed by atoms with Gasteiger partial charge in [-0.15, -0.1) is 0 Å². The number of hydrogen-bond donors (Lipinski definition) is 1. The Balaban J connectivity index is 1.99. The molecule has 0 spiro atoms. The highest BCUT2D eigenvalue weighted by molar-refractivity contribution is 9.10. The van der Waals surface area contributed by atoms with Gasteiger partial charge in [0.1, 0.15) is 0 Å². The summed E-state index contributed by atoms with van der Waals surface area (Å²) in [5, 5.41) is 4.08. The molecule has 0 atom stereocenters. The van der Waals surface area contributed by atoms with Crippen molar-refractivity contribution in [3.63, 3.8) is 0 Å². The summed E-state index contributed by atoms with van der Waals surface area (Å²) in [5.41, 5.74) is 8.89. The Morgan fingerprint density at radius 1 is 1.29 bits per heavy atom. The van der Waals surface area contributed by atoms with Gasteiger partial charge in [-0.1, -0.05) is 33.2 Å². The Kier molecular flexibility index (Phi) is 2.67. The minimum atomic E-state index is 0.419. The van der Waals surface area contributed by atoms with Crippen molar-refractivity contribution < 1.29 is 4.52 Å². The van der Waals surface area contributed by atoms with Gasteiger partial charge < -0.3 is 10.3 Å². The van der Waals surface area contributed by atoms with Gasteiger partial charge in [-0.3, -0.25) is 0 Å². The lowest BCUT2D eigenvalue weighted by atomic mass is 10.0. The average molecular weight is 293 g/mol. The molecule has 1 aliphatic carbocycles. The van der Waals surface area contributed by atoms with Gasteiger partial charge in [-0.05, 0) is 42.9 Å². The van der Waals surface area contributed by atoms with Gasteiger partial charge in [0, 0.05) is 4.47 Å². The molecule has 1 heterocycles. The molecule has 1 saturated carbocycles. The van der Waals surface area contributed by atoms with Crippen LogP contribution in [0.25, 0.3) is 11.1 Å². The van der Waals surface area contributed by atoms with Crippen molar-refractivity contribution in [2.75, 3.05) is 5.73 Å². The predicted molar refractivity (Wildman–Crippen MR) is 70.5 cm³/mol. The zero-order valence-corrected chi connectivity index (χ0v) is 10.9. The highest BCUT2D eigenvalue weighted by atomic mass is 79.9. The summed E-state index contributed by atoms with van der Waals surface area (Å²) >= 11 is 3.43. The quantitative estimate of drug-likeness (QED) is 0.940. The zero-order valence-electron chi connectivity index (χ0n) is 9.32. The first kappa shape index (κ1) is 10.8. The normalized spacial score (nSPS) is 15.1. The van der Waals surface area contributed by atoms with Crippen LogP contribution >= 0.6 is 15.9 Å². The number of benzene rings is 1. The summed E-state index contributed by atoms with van der Waals surface area (Å²) < 4.78 is 6.18. The van der Waals surface area contributed by atoms with Gasteiger partial charge in [-0.2, -0.15) is 0 Å². The third-order valence-electron chi connectivity index (χ3n) is 3.10. The van der Waals surface area contributed by atoms with Gasteiger partial charge >= 0.3 is 0 Å². The van der Waals surface area contributed by atoms with Crippen molar-refractivity contribution in [3.8, 4) is 11.1 Å². The standard InChI is InChI=1S/C13H13BrN2O/c14-10-5-3-9(4-6-10)12-11(7-8-1-2-8)16-17-13(12)15/h3-6,8H,1-2,7,15H2. The van der Waals surface area contributed by atoms with Crippen molar-refractivity contribution in [1.29, 1.82) is 0 Å². The molecule has 2 N–H and O–H groups in total. The third kappa shape index (κ3) is 2.22. The lowest BCUT2D eigenvalue weighted by molar-refractivity contribution is 0.426. The van der Waals surface area contributed by atoms with Crippen molar-refractivity contribution >= 4 is 21.8 Å². The predicted octanol–water partition coefficient (Wildman–Crippen LogP) is 3.64. The number of hydrogen-bond acceptors (Lipinski definition) is 3. The Bertz CT molecular complexity index is 529. The Morgan fingerprint density at radius 2 is 2.00 bits per heavy atom. The molecule has 0 unspecified atom stereocenters. The van der Waals surface area contributed by atoms with Gasteiger partial charge in [0.25, 0.3) is 0 Å². The number of nitrogens with zero attached hydrogens (tertiary/aromatic N) is 1. The van der Waals surface area contributed by atoms with E-state index in [1.165, 1.54) is 12.8 Å². The molecule has 2 aromatic rings. The Hall–Kier alpha value is -1.29. The van der Waals surface area contributed by atoms with Crippen molar-refractivity contribution in [2.24, 2.45) is 5.92 Å². The van der Waals surface area contributed by atoms with E-state index in [0.717, 1.165) is 33.6 Å². The first-order valence-electron chi connectivity index (χ1n) is 5.74. The molecule has 0 saturated heterocycles. The van der Waals surface area contributed by atoms with Crippen molar-refractivity contribution in [3.05, 3.63) is 34.4 Å². The van der Waals surface area contributed by atoms with Crippen LogP contribution in [0, 0.1) is 5.92 Å². The maximum absolute atomic E-state index is 5.87. The summed E-state index contributed by atoms with van der Waals surface area (Å²) in [6, 6.07) is 8.07. The molecule has 1 aromatic heterocycles. The maximum Gasteiger partial charge on any atom is 0.230 e. The van der Waals surface area contributed by atoms with Crippen LogP contribution < -0.4 is 5.73 Å². The molecule has 3 nitrogen and oxygen atoms in total. The van der Waals surface area contributed by atoms with Crippen LogP contribution in [-0.2, 0) is 6.42 Å². The van der Waals surface area contributed by atoms with Crippen molar-refractivity contribution in [2.45, 2.75) is 19.3 Å². The Morgan fingerprint density at radius 3 is 2.65 bits per heavy atom. The summed E-state index contributed by atoms with van der Waals surface area (Å²) in [5.74, 6) is 1.19. The van der Waals surface area contributed by atoms with Crippen molar-refractivity contribution in [1.82, 2.24) is 5.16 Å². The van der Waals surface area contributed by atoms with E-state index in [4.69, 9.17) is 10.3 Å². The molecular formula is C13H13BrN2O. The molecule has 0 aliphatic heterocycles. The van der Waals surface area contributed by atoms with Crippen LogP contribution in [0.4, 0.5) is 5.88 Å². The van der Waals surface area contributed by atoms with E-state index in [1.54, 1.807) is 0 Å². The summed E-state index contributed by atoms with van der Waals surface area (Å²) in [6.45, 7) is 0. The fraction of sp³-hybridized carbons (Fsp3) is 0.308. The molecule has 1 aliphatic rings.